The van der Waals surface area contributed by atoms with Gasteiger partial charge >= 0.3 is 0 Å². The molecular formula is C39H28N2O. The molecule has 0 amide bonds. The highest BCUT2D eigenvalue weighted by atomic mass is 16.3. The molecule has 3 nitrogen and oxygen atoms in total. The number of nitrogens with zero attached hydrogens (tertiary/aromatic N) is 1. The monoisotopic (exact) mass is 540 g/mol. The van der Waals surface area contributed by atoms with Crippen LogP contribution >= 0.6 is 0 Å². The molecular weight excluding hydrogens is 512 g/mol. The van der Waals surface area contributed by atoms with Crippen molar-refractivity contribution >= 4 is 44.9 Å². The molecule has 0 radical (unpaired) electrons. The Bertz CT molecular complexity index is 2070. The largest absolute Gasteiger partial charge is 0.459 e. The first-order valence-electron chi connectivity index (χ1n) is 14.3. The lowest BCUT2D eigenvalue weighted by atomic mass is 10.0. The molecule has 1 aliphatic rings. The van der Waals surface area contributed by atoms with Gasteiger partial charge in [0.05, 0.1) is 6.54 Å². The van der Waals surface area contributed by atoms with E-state index < -0.39 is 0 Å². The maximum atomic E-state index is 6.16. The summed E-state index contributed by atoms with van der Waals surface area (Å²) in [6.45, 7) is 0.705. The zero-order chi connectivity index (χ0) is 27.9. The SMILES string of the molecule is C1=Cc2c(oc3ccc(N(c4ccc(-c5ccccc5)cc4)c4ccc(-c5ccc6ccccc6c5)cc4)cc23)CN1. The van der Waals surface area contributed by atoms with Crippen LogP contribution in [0.2, 0.25) is 0 Å². The number of hydrogen-bond donors (Lipinski definition) is 1. The molecule has 0 aliphatic carbocycles. The first kappa shape index (κ1) is 24.3. The minimum atomic E-state index is 0.705. The summed E-state index contributed by atoms with van der Waals surface area (Å²) in [5.74, 6) is 0.975. The molecule has 2 heterocycles. The average Bonchev–Trinajstić information content (AvgIpc) is 3.44. The van der Waals surface area contributed by atoms with Crippen molar-refractivity contribution in [3.63, 3.8) is 0 Å². The van der Waals surface area contributed by atoms with Crippen LogP contribution in [-0.4, -0.2) is 0 Å². The second-order valence-electron chi connectivity index (χ2n) is 10.7. The number of benzene rings is 6. The van der Waals surface area contributed by atoms with Gasteiger partial charge in [-0.2, -0.15) is 0 Å². The van der Waals surface area contributed by atoms with Gasteiger partial charge in [-0.25, -0.2) is 0 Å². The van der Waals surface area contributed by atoms with Gasteiger partial charge in [-0.05, 0) is 93.8 Å². The number of rotatable bonds is 5. The van der Waals surface area contributed by atoms with Crippen LogP contribution in [0.4, 0.5) is 17.1 Å². The molecule has 0 bridgehead atoms. The summed E-state index contributed by atoms with van der Waals surface area (Å²) in [4.78, 5) is 2.32. The van der Waals surface area contributed by atoms with Crippen LogP contribution in [0.3, 0.4) is 0 Å². The molecule has 8 rings (SSSR count). The van der Waals surface area contributed by atoms with Gasteiger partial charge in [0.1, 0.15) is 11.3 Å². The number of fused-ring (bicyclic) bond motifs is 4. The summed E-state index contributed by atoms with van der Waals surface area (Å²) in [6, 6.07) is 49.9. The van der Waals surface area contributed by atoms with E-state index in [9.17, 15) is 0 Å². The van der Waals surface area contributed by atoms with E-state index in [1.165, 1.54) is 33.0 Å². The third-order valence-corrected chi connectivity index (χ3v) is 8.12. The molecule has 0 unspecified atom stereocenters. The average molecular weight is 541 g/mol. The van der Waals surface area contributed by atoms with Crippen LogP contribution in [0.5, 0.6) is 0 Å². The third kappa shape index (κ3) is 4.32. The maximum absolute atomic E-state index is 6.16. The quantitative estimate of drug-likeness (QED) is 0.235. The van der Waals surface area contributed by atoms with Gasteiger partial charge in [-0.3, -0.25) is 0 Å². The summed E-state index contributed by atoms with van der Waals surface area (Å²) >= 11 is 0. The first-order valence-corrected chi connectivity index (χ1v) is 14.3. The van der Waals surface area contributed by atoms with Gasteiger partial charge in [0.2, 0.25) is 0 Å². The fourth-order valence-electron chi connectivity index (χ4n) is 5.95. The molecule has 3 heteroatoms. The normalized spacial score (nSPS) is 12.3. The minimum absolute atomic E-state index is 0.705. The van der Waals surface area contributed by atoms with Gasteiger partial charge in [0, 0.05) is 28.0 Å². The second kappa shape index (κ2) is 10.1. The molecule has 1 aromatic heterocycles. The van der Waals surface area contributed by atoms with E-state index in [4.69, 9.17) is 4.42 Å². The Morgan fingerprint density at radius 3 is 1.90 bits per heavy atom. The van der Waals surface area contributed by atoms with E-state index in [0.717, 1.165) is 39.4 Å². The first-order chi connectivity index (χ1) is 20.8. The number of hydrogen-bond acceptors (Lipinski definition) is 3. The highest BCUT2D eigenvalue weighted by molar-refractivity contribution is 5.94. The molecule has 200 valence electrons. The lowest BCUT2D eigenvalue weighted by Gasteiger charge is -2.26. The van der Waals surface area contributed by atoms with Crippen molar-refractivity contribution in [3.05, 3.63) is 157 Å². The number of furan rings is 1. The van der Waals surface area contributed by atoms with Crippen LogP contribution in [0.15, 0.2) is 150 Å². The van der Waals surface area contributed by atoms with Crippen molar-refractivity contribution in [2.45, 2.75) is 6.54 Å². The predicted octanol–water partition coefficient (Wildman–Crippen LogP) is 10.5. The molecule has 0 saturated carbocycles. The van der Waals surface area contributed by atoms with Gasteiger partial charge in [-0.15, -0.1) is 0 Å². The zero-order valence-corrected chi connectivity index (χ0v) is 23.0. The van der Waals surface area contributed by atoms with E-state index in [2.05, 4.69) is 156 Å². The lowest BCUT2D eigenvalue weighted by Crippen LogP contribution is -2.10. The van der Waals surface area contributed by atoms with Gasteiger partial charge in [0.25, 0.3) is 0 Å². The van der Waals surface area contributed by atoms with Crippen LogP contribution in [0.25, 0.3) is 50.1 Å². The summed E-state index contributed by atoms with van der Waals surface area (Å²) in [6.07, 6.45) is 4.10. The van der Waals surface area contributed by atoms with Crippen molar-refractivity contribution in [3.8, 4) is 22.3 Å². The van der Waals surface area contributed by atoms with Crippen molar-refractivity contribution in [1.82, 2.24) is 5.32 Å². The lowest BCUT2D eigenvalue weighted by molar-refractivity contribution is 0.532. The highest BCUT2D eigenvalue weighted by Crippen LogP contribution is 2.40. The third-order valence-electron chi connectivity index (χ3n) is 8.12. The molecule has 0 spiro atoms. The van der Waals surface area contributed by atoms with Crippen molar-refractivity contribution in [1.29, 1.82) is 0 Å². The highest BCUT2D eigenvalue weighted by Gasteiger charge is 2.18. The summed E-state index contributed by atoms with van der Waals surface area (Å²) in [7, 11) is 0. The molecule has 1 N–H and O–H groups in total. The molecule has 0 fully saturated rings. The van der Waals surface area contributed by atoms with E-state index in [0.29, 0.717) is 6.54 Å². The molecule has 0 atom stereocenters. The molecule has 1 aliphatic heterocycles. The topological polar surface area (TPSA) is 28.4 Å². The Balaban J connectivity index is 1.22. The molecule has 6 aromatic carbocycles. The Hall–Kier alpha value is -5.54. The fourth-order valence-corrected chi connectivity index (χ4v) is 5.95. The smallest absolute Gasteiger partial charge is 0.135 e. The van der Waals surface area contributed by atoms with Crippen molar-refractivity contribution in [2.24, 2.45) is 0 Å². The van der Waals surface area contributed by atoms with Crippen LogP contribution in [-0.2, 0) is 6.54 Å². The van der Waals surface area contributed by atoms with Gasteiger partial charge < -0.3 is 14.6 Å². The van der Waals surface area contributed by atoms with Crippen LogP contribution < -0.4 is 10.2 Å². The Morgan fingerprint density at radius 1 is 0.524 bits per heavy atom. The Kier molecular flexibility index (Phi) is 5.86. The molecule has 42 heavy (non-hydrogen) atoms. The number of anilines is 3. The zero-order valence-electron chi connectivity index (χ0n) is 23.0. The van der Waals surface area contributed by atoms with E-state index >= 15 is 0 Å². The molecule has 0 saturated heterocycles. The predicted molar refractivity (Wildman–Crippen MR) is 175 cm³/mol. The Morgan fingerprint density at radius 2 is 1.14 bits per heavy atom. The Labute approximate surface area is 245 Å². The second-order valence-corrected chi connectivity index (χ2v) is 10.7. The van der Waals surface area contributed by atoms with E-state index in [1.54, 1.807) is 0 Å². The van der Waals surface area contributed by atoms with Crippen molar-refractivity contribution in [2.75, 3.05) is 4.90 Å². The minimum Gasteiger partial charge on any atom is -0.459 e. The fraction of sp³-hybridized carbons (Fsp3) is 0.0256. The van der Waals surface area contributed by atoms with Crippen LogP contribution in [0, 0.1) is 0 Å². The van der Waals surface area contributed by atoms with Gasteiger partial charge in [-0.1, -0.05) is 91.0 Å². The summed E-state index contributed by atoms with van der Waals surface area (Å²) in [5.41, 5.74) is 10.2. The van der Waals surface area contributed by atoms with Gasteiger partial charge in [0.15, 0.2) is 0 Å². The van der Waals surface area contributed by atoms with E-state index in [-0.39, 0.29) is 0 Å². The number of nitrogens with one attached hydrogen (secondary N) is 1. The van der Waals surface area contributed by atoms with Crippen LogP contribution in [0.1, 0.15) is 11.3 Å². The van der Waals surface area contributed by atoms with Crippen molar-refractivity contribution < 1.29 is 4.42 Å². The molecule has 7 aromatic rings. The standard InChI is InChI=1S/C39H28N2O/c1-2-6-27(7-3-1)29-12-16-33(17-13-29)41(35-20-21-38-37(25-35)36-22-23-40-26-39(36)42-38)34-18-14-30(15-19-34)32-11-10-28-8-4-5-9-31(28)24-32/h1-25,40H,26H2. The maximum Gasteiger partial charge on any atom is 0.135 e. The summed E-state index contributed by atoms with van der Waals surface area (Å²) < 4.78 is 6.16. The summed E-state index contributed by atoms with van der Waals surface area (Å²) in [5, 5.41) is 6.88. The van der Waals surface area contributed by atoms with E-state index in [1.807, 2.05) is 6.20 Å².